The summed E-state index contributed by atoms with van der Waals surface area (Å²) in [6.45, 7) is 2.03. The number of nitrogens with one attached hydrogen (secondary N) is 2. The Bertz CT molecular complexity index is 1170. The maximum atomic E-state index is 4.87. The van der Waals surface area contributed by atoms with Crippen LogP contribution in [0.2, 0.25) is 0 Å². The summed E-state index contributed by atoms with van der Waals surface area (Å²) >= 11 is 4.39. The summed E-state index contributed by atoms with van der Waals surface area (Å²) in [7, 11) is 0. The van der Waals surface area contributed by atoms with Crippen LogP contribution < -0.4 is 10.6 Å². The summed E-state index contributed by atoms with van der Waals surface area (Å²) in [6, 6.07) is 20.8. The van der Waals surface area contributed by atoms with Gasteiger partial charge in [0.1, 0.15) is 0 Å². The molecule has 0 bridgehead atoms. The molecule has 1 aliphatic heterocycles. The van der Waals surface area contributed by atoms with Crippen molar-refractivity contribution in [3.63, 3.8) is 0 Å². The van der Waals surface area contributed by atoms with E-state index in [9.17, 15) is 0 Å². The normalized spacial score (nSPS) is 14.4. The quantitative estimate of drug-likeness (QED) is 0.362. The molecular weight excluding hydrogens is 416 g/mol. The highest BCUT2D eigenvalue weighted by Crippen LogP contribution is 2.35. The monoisotopic (exact) mass is 442 g/mol. The molecule has 0 aliphatic carbocycles. The molecule has 0 radical (unpaired) electrons. The van der Waals surface area contributed by atoms with Crippen LogP contribution in [0.15, 0.2) is 73.2 Å². The van der Waals surface area contributed by atoms with Crippen molar-refractivity contribution in [3.8, 4) is 22.6 Å². The summed E-state index contributed by atoms with van der Waals surface area (Å²) in [6.07, 6.45) is 5.92. The zero-order valence-corrected chi connectivity index (χ0v) is 18.7. The lowest BCUT2D eigenvalue weighted by Gasteiger charge is -2.25. The van der Waals surface area contributed by atoms with Gasteiger partial charge in [0.05, 0.1) is 23.4 Å². The highest BCUT2D eigenvalue weighted by Gasteiger charge is 2.23. The molecule has 0 saturated carbocycles. The van der Waals surface area contributed by atoms with Crippen LogP contribution in [0.4, 0.5) is 11.6 Å². The fraction of sp³-hybridized carbons (Fsp3) is 0.240. The predicted octanol–water partition coefficient (Wildman–Crippen LogP) is 5.11. The van der Waals surface area contributed by atoms with Crippen molar-refractivity contribution in [2.45, 2.75) is 24.6 Å². The molecule has 162 valence electrons. The summed E-state index contributed by atoms with van der Waals surface area (Å²) < 4.78 is 2.30. The molecule has 0 atom stereocenters. The number of thiol groups is 1. The van der Waals surface area contributed by atoms with Crippen LogP contribution in [0.5, 0.6) is 0 Å². The number of nitrogens with zero attached hydrogens (tertiary/aromatic N) is 4. The van der Waals surface area contributed by atoms with E-state index >= 15 is 0 Å². The summed E-state index contributed by atoms with van der Waals surface area (Å²) in [5, 5.41) is 6.76. The fourth-order valence-electron chi connectivity index (χ4n) is 4.16. The Labute approximate surface area is 193 Å². The molecule has 5 rings (SSSR count). The number of para-hydroxylation sites is 1. The van der Waals surface area contributed by atoms with Gasteiger partial charge in [-0.2, -0.15) is 12.6 Å². The van der Waals surface area contributed by atoms with Crippen LogP contribution in [0, 0.1) is 0 Å². The SMILES string of the molecule is SCc1ccc(-c2ncn(C3CCNCC3)c2-c2ccnc(Nc3ccccc3)n2)cc1. The zero-order chi connectivity index (χ0) is 21.8. The van der Waals surface area contributed by atoms with Gasteiger partial charge in [-0.15, -0.1) is 0 Å². The first-order valence-electron chi connectivity index (χ1n) is 10.9. The van der Waals surface area contributed by atoms with E-state index in [4.69, 9.17) is 9.97 Å². The second-order valence-electron chi connectivity index (χ2n) is 7.94. The van der Waals surface area contributed by atoms with Gasteiger partial charge in [-0.1, -0.05) is 42.5 Å². The second kappa shape index (κ2) is 9.54. The number of aromatic nitrogens is 4. The number of benzene rings is 2. The molecule has 2 N–H and O–H groups in total. The summed E-state index contributed by atoms with van der Waals surface area (Å²) in [5.41, 5.74) is 6.07. The Morgan fingerprint density at radius 2 is 1.75 bits per heavy atom. The van der Waals surface area contributed by atoms with Gasteiger partial charge in [0.25, 0.3) is 0 Å². The Kier molecular flexibility index (Phi) is 6.18. The minimum atomic E-state index is 0.393. The molecule has 0 spiro atoms. The third-order valence-corrected chi connectivity index (χ3v) is 6.20. The van der Waals surface area contributed by atoms with Crippen LogP contribution in [0.25, 0.3) is 22.6 Å². The van der Waals surface area contributed by atoms with E-state index in [-0.39, 0.29) is 0 Å². The number of anilines is 2. The molecule has 3 heterocycles. The standard InChI is InChI=1S/C25H26N6S/c32-16-18-6-8-19(9-7-18)23-24(31(17-28-23)21-10-13-26-14-11-21)22-12-15-27-25(30-22)29-20-4-2-1-3-5-20/h1-9,12,15,17,21,26,32H,10-11,13-14,16H2,(H,27,29,30). The van der Waals surface area contributed by atoms with Gasteiger partial charge >= 0.3 is 0 Å². The summed E-state index contributed by atoms with van der Waals surface area (Å²) in [5.74, 6) is 1.29. The molecule has 1 aliphatic rings. The number of rotatable bonds is 6. The highest BCUT2D eigenvalue weighted by atomic mass is 32.1. The Hall–Kier alpha value is -3.16. The molecular formula is C25H26N6S. The van der Waals surface area contributed by atoms with E-state index in [0.717, 1.165) is 60.0 Å². The van der Waals surface area contributed by atoms with Gasteiger partial charge in [0.2, 0.25) is 5.95 Å². The lowest BCUT2D eigenvalue weighted by molar-refractivity contribution is 0.370. The highest BCUT2D eigenvalue weighted by molar-refractivity contribution is 7.79. The van der Waals surface area contributed by atoms with Crippen molar-refractivity contribution in [2.75, 3.05) is 18.4 Å². The van der Waals surface area contributed by atoms with Crippen LogP contribution in [0.3, 0.4) is 0 Å². The van der Waals surface area contributed by atoms with Gasteiger partial charge in [-0.05, 0) is 49.7 Å². The third-order valence-electron chi connectivity index (χ3n) is 5.83. The first-order valence-corrected chi connectivity index (χ1v) is 11.6. The van der Waals surface area contributed by atoms with Gasteiger partial charge in [-0.3, -0.25) is 0 Å². The molecule has 2 aromatic carbocycles. The number of piperidine rings is 1. The maximum absolute atomic E-state index is 4.87. The molecule has 0 unspecified atom stereocenters. The molecule has 32 heavy (non-hydrogen) atoms. The Morgan fingerprint density at radius 1 is 0.969 bits per heavy atom. The zero-order valence-electron chi connectivity index (χ0n) is 17.8. The van der Waals surface area contributed by atoms with Crippen molar-refractivity contribution in [3.05, 3.63) is 78.8 Å². The fourth-order valence-corrected chi connectivity index (χ4v) is 4.37. The van der Waals surface area contributed by atoms with Gasteiger partial charge in [-0.25, -0.2) is 15.0 Å². The lowest BCUT2D eigenvalue weighted by Crippen LogP contribution is -2.29. The van der Waals surface area contributed by atoms with Crippen LogP contribution in [-0.2, 0) is 5.75 Å². The average Bonchev–Trinajstić information content (AvgIpc) is 3.31. The molecule has 2 aromatic heterocycles. The largest absolute Gasteiger partial charge is 0.326 e. The smallest absolute Gasteiger partial charge is 0.227 e. The minimum absolute atomic E-state index is 0.393. The molecule has 7 heteroatoms. The number of imidazole rings is 1. The molecule has 1 fully saturated rings. The molecule has 4 aromatic rings. The van der Waals surface area contributed by atoms with E-state index < -0.39 is 0 Å². The molecule has 1 saturated heterocycles. The minimum Gasteiger partial charge on any atom is -0.326 e. The van der Waals surface area contributed by atoms with Crippen LogP contribution in [-0.4, -0.2) is 32.6 Å². The second-order valence-corrected chi connectivity index (χ2v) is 8.26. The first kappa shape index (κ1) is 20.7. The lowest BCUT2D eigenvalue weighted by atomic mass is 10.0. The number of hydrogen-bond donors (Lipinski definition) is 3. The van der Waals surface area contributed by atoms with E-state index in [1.165, 1.54) is 5.56 Å². The van der Waals surface area contributed by atoms with Gasteiger partial charge in [0, 0.05) is 29.2 Å². The van der Waals surface area contributed by atoms with E-state index in [1.807, 2.05) is 42.7 Å². The van der Waals surface area contributed by atoms with E-state index in [2.05, 4.69) is 57.1 Å². The number of hydrogen-bond acceptors (Lipinski definition) is 6. The molecule has 0 amide bonds. The van der Waals surface area contributed by atoms with Gasteiger partial charge < -0.3 is 15.2 Å². The Balaban J connectivity index is 1.57. The first-order chi connectivity index (χ1) is 15.8. The van der Waals surface area contributed by atoms with Crippen molar-refractivity contribution in [2.24, 2.45) is 0 Å². The molecule has 6 nitrogen and oxygen atoms in total. The Morgan fingerprint density at radius 3 is 2.50 bits per heavy atom. The summed E-state index contributed by atoms with van der Waals surface area (Å²) in [4.78, 5) is 14.2. The maximum Gasteiger partial charge on any atom is 0.227 e. The van der Waals surface area contributed by atoms with Crippen molar-refractivity contribution < 1.29 is 0 Å². The van der Waals surface area contributed by atoms with Gasteiger partial charge in [0.15, 0.2) is 0 Å². The van der Waals surface area contributed by atoms with E-state index in [1.54, 1.807) is 6.20 Å². The third kappa shape index (κ3) is 4.40. The van der Waals surface area contributed by atoms with E-state index in [0.29, 0.717) is 12.0 Å². The van der Waals surface area contributed by atoms with Crippen molar-refractivity contribution in [1.29, 1.82) is 0 Å². The topological polar surface area (TPSA) is 67.7 Å². The van der Waals surface area contributed by atoms with Crippen molar-refractivity contribution in [1.82, 2.24) is 24.8 Å². The van der Waals surface area contributed by atoms with Crippen LogP contribution >= 0.6 is 12.6 Å². The van der Waals surface area contributed by atoms with Crippen LogP contribution in [0.1, 0.15) is 24.4 Å². The van der Waals surface area contributed by atoms with Crippen molar-refractivity contribution >= 4 is 24.3 Å². The predicted molar refractivity (Wildman–Crippen MR) is 132 cm³/mol. The average molecular weight is 443 g/mol.